The Labute approximate surface area is 137 Å². The Morgan fingerprint density at radius 3 is 2.58 bits per heavy atom. The minimum atomic E-state index is -4.36. The highest BCUT2D eigenvalue weighted by Crippen LogP contribution is 2.39. The first-order valence-electron chi connectivity index (χ1n) is 7.57. The van der Waals surface area contributed by atoms with E-state index < -0.39 is 17.7 Å². The highest BCUT2D eigenvalue weighted by Gasteiger charge is 2.35. The first-order chi connectivity index (χ1) is 11.2. The Balaban J connectivity index is 1.83. The van der Waals surface area contributed by atoms with Crippen LogP contribution in [0.4, 0.5) is 18.0 Å². The number of nitrogens with one attached hydrogen (secondary N) is 1. The van der Waals surface area contributed by atoms with Crippen molar-refractivity contribution in [1.29, 1.82) is 0 Å². The van der Waals surface area contributed by atoms with E-state index in [0.29, 0.717) is 18.4 Å². The first kappa shape index (κ1) is 18.1. The molecule has 1 aromatic carbocycles. The summed E-state index contributed by atoms with van der Waals surface area (Å²) in [5, 5.41) is 11.3. The van der Waals surface area contributed by atoms with Gasteiger partial charge in [-0.05, 0) is 30.4 Å². The summed E-state index contributed by atoms with van der Waals surface area (Å²) in [6, 6.07) is 4.77. The lowest BCUT2D eigenvalue weighted by Gasteiger charge is -2.37. The fourth-order valence-corrected chi connectivity index (χ4v) is 2.63. The number of benzene rings is 1. The number of hydrogen-bond acceptors (Lipinski definition) is 2. The van der Waals surface area contributed by atoms with Gasteiger partial charge in [0.05, 0.1) is 12.0 Å². The summed E-state index contributed by atoms with van der Waals surface area (Å²) >= 11 is 0. The monoisotopic (exact) mass is 344 g/mol. The largest absolute Gasteiger partial charge is 0.481 e. The molecule has 0 unspecified atom stereocenters. The van der Waals surface area contributed by atoms with Crippen LogP contribution in [0.25, 0.3) is 0 Å². The molecule has 0 saturated heterocycles. The van der Waals surface area contributed by atoms with Crippen LogP contribution in [0, 0.1) is 0 Å². The minimum Gasteiger partial charge on any atom is -0.481 e. The van der Waals surface area contributed by atoms with E-state index >= 15 is 0 Å². The molecule has 0 aliphatic heterocycles. The molecule has 1 aliphatic rings. The number of aliphatic carboxylic acids is 1. The zero-order chi connectivity index (χ0) is 17.9. The zero-order valence-electron chi connectivity index (χ0n) is 13.1. The molecule has 0 radical (unpaired) electrons. The van der Waals surface area contributed by atoms with E-state index in [1.807, 2.05) is 0 Å². The van der Waals surface area contributed by atoms with Crippen molar-refractivity contribution in [2.75, 3.05) is 13.6 Å². The Bertz CT molecular complexity index is 613. The van der Waals surface area contributed by atoms with E-state index in [-0.39, 0.29) is 31.0 Å². The maximum Gasteiger partial charge on any atom is 0.416 e. The van der Waals surface area contributed by atoms with Gasteiger partial charge < -0.3 is 15.3 Å². The number of carboxylic acids is 1. The van der Waals surface area contributed by atoms with E-state index in [0.717, 1.165) is 12.1 Å². The molecule has 2 rings (SSSR count). The smallest absolute Gasteiger partial charge is 0.416 e. The number of hydrogen-bond donors (Lipinski definition) is 2. The van der Waals surface area contributed by atoms with Crippen molar-refractivity contribution >= 4 is 12.0 Å². The van der Waals surface area contributed by atoms with Gasteiger partial charge >= 0.3 is 18.2 Å². The lowest BCUT2D eigenvalue weighted by Crippen LogP contribution is -2.48. The molecule has 1 aliphatic carbocycles. The lowest BCUT2D eigenvalue weighted by molar-refractivity contribution is -0.138. The molecule has 0 bridgehead atoms. The number of alkyl halides is 3. The maximum absolute atomic E-state index is 12.7. The Hall–Kier alpha value is -2.25. The fraction of sp³-hybridized carbons (Fsp3) is 0.500. The second-order valence-corrected chi connectivity index (χ2v) is 6.00. The molecule has 2 N–H and O–H groups in total. The van der Waals surface area contributed by atoms with Crippen molar-refractivity contribution in [1.82, 2.24) is 10.2 Å². The van der Waals surface area contributed by atoms with Gasteiger partial charge in [0.2, 0.25) is 0 Å². The van der Waals surface area contributed by atoms with E-state index in [2.05, 4.69) is 5.32 Å². The molecule has 0 aromatic heterocycles. The number of halogens is 3. The van der Waals surface area contributed by atoms with Crippen molar-refractivity contribution < 1.29 is 27.9 Å². The Morgan fingerprint density at radius 2 is 2.00 bits per heavy atom. The van der Waals surface area contributed by atoms with Crippen LogP contribution in [0.5, 0.6) is 0 Å². The predicted molar refractivity (Wildman–Crippen MR) is 80.6 cm³/mol. The van der Waals surface area contributed by atoms with Gasteiger partial charge in [-0.2, -0.15) is 13.2 Å². The summed E-state index contributed by atoms with van der Waals surface area (Å²) in [5.74, 6) is -0.996. The topological polar surface area (TPSA) is 69.6 Å². The quantitative estimate of drug-likeness (QED) is 0.862. The molecule has 24 heavy (non-hydrogen) atoms. The SMILES string of the molecule is CN(CCC(=O)O)C(=O)NC1CC(c2cccc(C(F)(F)F)c2)C1. The average molecular weight is 344 g/mol. The van der Waals surface area contributed by atoms with Crippen LogP contribution < -0.4 is 5.32 Å². The predicted octanol–water partition coefficient (Wildman–Crippen LogP) is 3.07. The molecule has 132 valence electrons. The molecule has 0 spiro atoms. The minimum absolute atomic E-state index is 0.0121. The number of nitrogens with zero attached hydrogens (tertiary/aromatic N) is 1. The number of urea groups is 1. The van der Waals surface area contributed by atoms with Gasteiger partial charge in [0.15, 0.2) is 0 Å². The van der Waals surface area contributed by atoms with Crippen LogP contribution in [-0.2, 0) is 11.0 Å². The number of carboxylic acid groups (broad SMARTS) is 1. The summed E-state index contributed by atoms with van der Waals surface area (Å²) in [6.07, 6.45) is -3.36. The van der Waals surface area contributed by atoms with Crippen molar-refractivity contribution in [2.24, 2.45) is 0 Å². The van der Waals surface area contributed by atoms with Gasteiger partial charge in [-0.3, -0.25) is 4.79 Å². The van der Waals surface area contributed by atoms with Gasteiger partial charge in [0.25, 0.3) is 0 Å². The van der Waals surface area contributed by atoms with Gasteiger partial charge in [0, 0.05) is 19.6 Å². The highest BCUT2D eigenvalue weighted by molar-refractivity contribution is 5.75. The Morgan fingerprint density at radius 1 is 1.33 bits per heavy atom. The van der Waals surface area contributed by atoms with Gasteiger partial charge in [-0.1, -0.05) is 18.2 Å². The normalized spacial score (nSPS) is 20.2. The third-order valence-electron chi connectivity index (χ3n) is 4.16. The molecular formula is C16H19F3N2O3. The summed E-state index contributed by atoms with van der Waals surface area (Å²) in [5.41, 5.74) is -0.0459. The van der Waals surface area contributed by atoms with E-state index in [1.54, 1.807) is 6.07 Å². The highest BCUT2D eigenvalue weighted by atomic mass is 19.4. The third kappa shape index (κ3) is 4.62. The lowest BCUT2D eigenvalue weighted by atomic mass is 9.75. The summed E-state index contributed by atoms with van der Waals surface area (Å²) in [6.45, 7) is 0.102. The molecule has 5 nitrogen and oxygen atoms in total. The van der Waals surface area contributed by atoms with Crippen molar-refractivity contribution in [2.45, 2.75) is 37.4 Å². The van der Waals surface area contributed by atoms with Crippen molar-refractivity contribution in [3.8, 4) is 0 Å². The number of carbonyl (C=O) groups excluding carboxylic acids is 1. The second kappa shape index (κ2) is 7.11. The molecule has 1 aromatic rings. The van der Waals surface area contributed by atoms with Crippen LogP contribution in [0.3, 0.4) is 0 Å². The number of rotatable bonds is 5. The van der Waals surface area contributed by atoms with Crippen LogP contribution >= 0.6 is 0 Å². The van der Waals surface area contributed by atoms with E-state index in [1.165, 1.54) is 18.0 Å². The first-order valence-corrected chi connectivity index (χ1v) is 7.57. The molecule has 1 fully saturated rings. The standard InChI is InChI=1S/C16H19F3N2O3/c1-21(6-5-14(22)23)15(24)20-13-8-11(9-13)10-3-2-4-12(7-10)16(17,18)19/h2-4,7,11,13H,5-6,8-9H2,1H3,(H,20,24)(H,22,23). The Kier molecular flexibility index (Phi) is 5.36. The van der Waals surface area contributed by atoms with Crippen LogP contribution in [-0.4, -0.2) is 41.6 Å². The summed E-state index contributed by atoms with van der Waals surface area (Å²) in [7, 11) is 1.50. The summed E-state index contributed by atoms with van der Waals surface area (Å²) in [4.78, 5) is 23.6. The van der Waals surface area contributed by atoms with Gasteiger partial charge in [-0.15, -0.1) is 0 Å². The van der Waals surface area contributed by atoms with E-state index in [4.69, 9.17) is 5.11 Å². The van der Waals surface area contributed by atoms with Gasteiger partial charge in [-0.25, -0.2) is 4.79 Å². The van der Waals surface area contributed by atoms with Gasteiger partial charge in [0.1, 0.15) is 0 Å². The molecule has 2 amide bonds. The molecule has 8 heteroatoms. The van der Waals surface area contributed by atoms with Crippen molar-refractivity contribution in [3.05, 3.63) is 35.4 Å². The maximum atomic E-state index is 12.7. The second-order valence-electron chi connectivity index (χ2n) is 6.00. The molecule has 0 heterocycles. The fourth-order valence-electron chi connectivity index (χ4n) is 2.63. The number of carbonyl (C=O) groups is 2. The van der Waals surface area contributed by atoms with Crippen molar-refractivity contribution in [3.63, 3.8) is 0 Å². The van der Waals surface area contributed by atoms with Crippen LogP contribution in [0.1, 0.15) is 36.3 Å². The average Bonchev–Trinajstić information content (AvgIpc) is 2.46. The number of amides is 2. The molecule has 0 atom stereocenters. The third-order valence-corrected chi connectivity index (χ3v) is 4.16. The molecule has 1 saturated carbocycles. The van der Waals surface area contributed by atoms with Crippen LogP contribution in [0.2, 0.25) is 0 Å². The summed E-state index contributed by atoms with van der Waals surface area (Å²) < 4.78 is 38.1. The van der Waals surface area contributed by atoms with E-state index in [9.17, 15) is 22.8 Å². The molecular weight excluding hydrogens is 325 g/mol. The van der Waals surface area contributed by atoms with Crippen LogP contribution in [0.15, 0.2) is 24.3 Å². The zero-order valence-corrected chi connectivity index (χ0v) is 13.1.